The van der Waals surface area contributed by atoms with Crippen molar-refractivity contribution in [3.05, 3.63) is 70.2 Å². The third-order valence-electron chi connectivity index (χ3n) is 4.98. The minimum absolute atomic E-state index is 0.129. The van der Waals surface area contributed by atoms with Crippen LogP contribution in [0.25, 0.3) is 0 Å². The molecule has 3 amide bonds. The molecule has 0 unspecified atom stereocenters. The van der Waals surface area contributed by atoms with Gasteiger partial charge in [0.05, 0.1) is 22.1 Å². The van der Waals surface area contributed by atoms with Gasteiger partial charge in [-0.25, -0.2) is 9.78 Å². The monoisotopic (exact) mass is 452 g/mol. The van der Waals surface area contributed by atoms with Crippen molar-refractivity contribution < 1.29 is 9.59 Å². The molecule has 6 nitrogen and oxygen atoms in total. The van der Waals surface area contributed by atoms with E-state index in [0.717, 1.165) is 47.3 Å². The van der Waals surface area contributed by atoms with Crippen molar-refractivity contribution in [2.45, 2.75) is 30.4 Å². The van der Waals surface area contributed by atoms with Crippen molar-refractivity contribution in [1.82, 2.24) is 9.88 Å². The number of nitrogens with zero attached hydrogens (tertiary/aromatic N) is 2. The molecule has 0 saturated carbocycles. The van der Waals surface area contributed by atoms with Crippen LogP contribution in [0.5, 0.6) is 0 Å². The molecule has 1 aliphatic heterocycles. The zero-order chi connectivity index (χ0) is 21.6. The second-order valence-corrected chi connectivity index (χ2v) is 9.41. The minimum atomic E-state index is -0.213. The van der Waals surface area contributed by atoms with E-state index in [0.29, 0.717) is 16.9 Å². The van der Waals surface area contributed by atoms with Gasteiger partial charge in [0, 0.05) is 34.7 Å². The minimum Gasteiger partial charge on any atom is -0.325 e. The highest BCUT2D eigenvalue weighted by molar-refractivity contribution is 7.98. The molecule has 0 spiro atoms. The van der Waals surface area contributed by atoms with Gasteiger partial charge in [-0.05, 0) is 56.2 Å². The van der Waals surface area contributed by atoms with Crippen LogP contribution in [0, 0.1) is 6.92 Å². The number of thiazole rings is 1. The van der Waals surface area contributed by atoms with E-state index in [1.807, 2.05) is 43.3 Å². The Hall–Kier alpha value is -2.84. The molecule has 1 aliphatic rings. The highest BCUT2D eigenvalue weighted by Gasteiger charge is 2.19. The van der Waals surface area contributed by atoms with E-state index in [1.165, 1.54) is 0 Å². The molecule has 31 heavy (non-hydrogen) atoms. The molecule has 1 saturated heterocycles. The van der Waals surface area contributed by atoms with Crippen molar-refractivity contribution in [3.63, 3.8) is 0 Å². The Morgan fingerprint density at radius 2 is 1.71 bits per heavy atom. The summed E-state index contributed by atoms with van der Waals surface area (Å²) in [4.78, 5) is 32.5. The Morgan fingerprint density at radius 3 is 2.35 bits per heavy atom. The molecular formula is C23H24N4O2S2. The van der Waals surface area contributed by atoms with Gasteiger partial charge in [-0.15, -0.1) is 23.1 Å². The predicted octanol–water partition coefficient (Wildman–Crippen LogP) is 5.62. The fourth-order valence-electron chi connectivity index (χ4n) is 3.34. The van der Waals surface area contributed by atoms with Gasteiger partial charge in [0.1, 0.15) is 0 Å². The fraction of sp³-hybridized carbons (Fsp3) is 0.261. The maximum atomic E-state index is 12.8. The van der Waals surface area contributed by atoms with Crippen molar-refractivity contribution in [3.8, 4) is 0 Å². The number of para-hydroxylation sites is 2. The van der Waals surface area contributed by atoms with Crippen molar-refractivity contribution >= 4 is 46.4 Å². The maximum absolute atomic E-state index is 12.8. The zero-order valence-corrected chi connectivity index (χ0v) is 18.9. The third-order valence-corrected chi connectivity index (χ3v) is 6.85. The molecule has 160 valence electrons. The molecule has 2 heterocycles. The van der Waals surface area contributed by atoms with Gasteiger partial charge in [-0.1, -0.05) is 12.1 Å². The van der Waals surface area contributed by atoms with E-state index in [9.17, 15) is 9.59 Å². The van der Waals surface area contributed by atoms with Crippen molar-refractivity contribution in [2.75, 3.05) is 23.7 Å². The lowest BCUT2D eigenvalue weighted by atomic mass is 10.2. The lowest BCUT2D eigenvalue weighted by Crippen LogP contribution is -2.32. The van der Waals surface area contributed by atoms with E-state index >= 15 is 0 Å². The Bertz CT molecular complexity index is 1060. The molecule has 2 N–H and O–H groups in total. The topological polar surface area (TPSA) is 74.3 Å². The molecule has 0 radical (unpaired) electrons. The Labute approximate surface area is 190 Å². The van der Waals surface area contributed by atoms with E-state index in [2.05, 4.69) is 21.0 Å². The summed E-state index contributed by atoms with van der Waals surface area (Å²) in [5, 5.41) is 8.97. The van der Waals surface area contributed by atoms with Gasteiger partial charge in [0.2, 0.25) is 0 Å². The Morgan fingerprint density at radius 1 is 1.03 bits per heavy atom. The van der Waals surface area contributed by atoms with Crippen LogP contribution in [-0.2, 0) is 5.75 Å². The predicted molar refractivity (Wildman–Crippen MR) is 127 cm³/mol. The smallest absolute Gasteiger partial charge is 0.321 e. The second kappa shape index (κ2) is 9.98. The Balaban J connectivity index is 1.37. The molecular weight excluding hydrogens is 428 g/mol. The molecule has 0 aliphatic carbocycles. The first kappa shape index (κ1) is 21.4. The number of rotatable bonds is 6. The van der Waals surface area contributed by atoms with Crippen LogP contribution in [0.2, 0.25) is 0 Å². The van der Waals surface area contributed by atoms with E-state index in [4.69, 9.17) is 0 Å². The van der Waals surface area contributed by atoms with Crippen LogP contribution in [0.4, 0.5) is 16.2 Å². The molecule has 0 atom stereocenters. The van der Waals surface area contributed by atoms with Crippen LogP contribution in [0.15, 0.2) is 58.8 Å². The lowest BCUT2D eigenvalue weighted by Gasteiger charge is -2.18. The summed E-state index contributed by atoms with van der Waals surface area (Å²) in [6.45, 7) is 3.54. The molecule has 3 aromatic rings. The van der Waals surface area contributed by atoms with Crippen molar-refractivity contribution in [1.29, 1.82) is 0 Å². The summed E-state index contributed by atoms with van der Waals surface area (Å²) in [6, 6.07) is 14.6. The number of aromatic nitrogens is 1. The van der Waals surface area contributed by atoms with Gasteiger partial charge in [-0.3, -0.25) is 4.79 Å². The number of carbonyl (C=O) groups excluding carboxylic acids is 2. The van der Waals surface area contributed by atoms with E-state index in [1.54, 1.807) is 40.1 Å². The van der Waals surface area contributed by atoms with Crippen molar-refractivity contribution in [2.24, 2.45) is 0 Å². The van der Waals surface area contributed by atoms with Crippen LogP contribution < -0.4 is 10.6 Å². The largest absolute Gasteiger partial charge is 0.325 e. The summed E-state index contributed by atoms with van der Waals surface area (Å²) in [5.74, 6) is 0.592. The number of aryl methyl sites for hydroxylation is 1. The maximum Gasteiger partial charge on any atom is 0.321 e. The summed E-state index contributed by atoms with van der Waals surface area (Å²) in [5.41, 5.74) is 2.81. The molecule has 2 aromatic carbocycles. The first-order chi connectivity index (χ1) is 15.1. The third kappa shape index (κ3) is 5.65. The molecule has 1 aromatic heterocycles. The molecule has 1 fully saturated rings. The number of benzene rings is 2. The SMILES string of the molecule is Cc1nc(CSc2ccc(C(=O)Nc3ccccc3NC(=O)N3CCCC3)cc2)cs1. The van der Waals surface area contributed by atoms with E-state index in [-0.39, 0.29) is 11.9 Å². The van der Waals surface area contributed by atoms with Gasteiger partial charge in [-0.2, -0.15) is 0 Å². The van der Waals surface area contributed by atoms with Crippen LogP contribution in [0.3, 0.4) is 0 Å². The normalized spacial score (nSPS) is 13.3. The van der Waals surface area contributed by atoms with Gasteiger partial charge in [0.25, 0.3) is 5.91 Å². The first-order valence-electron chi connectivity index (χ1n) is 10.2. The van der Waals surface area contributed by atoms with E-state index < -0.39 is 0 Å². The summed E-state index contributed by atoms with van der Waals surface area (Å²) in [7, 11) is 0. The number of hydrogen-bond donors (Lipinski definition) is 2. The Kier molecular flexibility index (Phi) is 6.89. The number of likely N-dealkylation sites (tertiary alicyclic amines) is 1. The summed E-state index contributed by atoms with van der Waals surface area (Å²) in [6.07, 6.45) is 2.06. The zero-order valence-electron chi connectivity index (χ0n) is 17.3. The number of carbonyl (C=O) groups is 2. The summed E-state index contributed by atoms with van der Waals surface area (Å²) >= 11 is 3.35. The lowest BCUT2D eigenvalue weighted by molar-refractivity contribution is 0.102. The number of amides is 3. The average Bonchev–Trinajstić information content (AvgIpc) is 3.46. The average molecular weight is 453 g/mol. The molecule has 4 rings (SSSR count). The molecule has 8 heteroatoms. The summed E-state index contributed by atoms with van der Waals surface area (Å²) < 4.78 is 0. The quantitative estimate of drug-likeness (QED) is 0.476. The standard InChI is InChI=1S/C23H24N4O2S2/c1-16-24-18(14-30-16)15-31-19-10-8-17(9-11-19)22(28)25-20-6-2-3-7-21(20)26-23(29)27-12-4-5-13-27/h2-3,6-11,14H,4-5,12-13,15H2,1H3,(H,25,28)(H,26,29). The number of thioether (sulfide) groups is 1. The van der Waals surface area contributed by atoms with Gasteiger partial charge >= 0.3 is 6.03 Å². The van der Waals surface area contributed by atoms with Crippen LogP contribution in [0.1, 0.15) is 33.9 Å². The highest BCUT2D eigenvalue weighted by atomic mass is 32.2. The molecule has 0 bridgehead atoms. The second-order valence-electron chi connectivity index (χ2n) is 7.29. The number of urea groups is 1. The van der Waals surface area contributed by atoms with Crippen LogP contribution in [-0.4, -0.2) is 34.9 Å². The first-order valence-corrected chi connectivity index (χ1v) is 12.1. The highest BCUT2D eigenvalue weighted by Crippen LogP contribution is 2.25. The van der Waals surface area contributed by atoms with Gasteiger partial charge < -0.3 is 15.5 Å². The number of hydrogen-bond acceptors (Lipinski definition) is 5. The number of anilines is 2. The number of nitrogens with one attached hydrogen (secondary N) is 2. The fourth-order valence-corrected chi connectivity index (χ4v) is 4.85. The van der Waals surface area contributed by atoms with Crippen LogP contribution >= 0.6 is 23.1 Å². The van der Waals surface area contributed by atoms with Gasteiger partial charge in [0.15, 0.2) is 0 Å².